The molecule has 0 radical (unpaired) electrons. The molecule has 2 aliphatic rings. The number of carbonyl (C=O) groups is 3. The number of nitrogens with zero attached hydrogens (tertiary/aromatic N) is 5. The first kappa shape index (κ1) is 20.7. The number of likely N-dealkylation sites (N-methyl/N-ethyl adjacent to an activating group) is 1. The molecule has 0 aliphatic carbocycles. The average Bonchev–Trinajstić information content (AvgIpc) is 3.34. The van der Waals surface area contributed by atoms with Crippen molar-refractivity contribution < 1.29 is 24.6 Å². The fraction of sp³-hybridized carbons (Fsp3) is 0.400. The lowest BCUT2D eigenvalue weighted by Gasteiger charge is -2.35. The lowest BCUT2D eigenvalue weighted by atomic mass is 10.1. The molecule has 0 atom stereocenters. The van der Waals surface area contributed by atoms with E-state index in [1.165, 1.54) is 0 Å². The van der Waals surface area contributed by atoms with Crippen molar-refractivity contribution in [2.75, 3.05) is 42.9 Å². The molecule has 0 saturated carbocycles. The third kappa shape index (κ3) is 4.04. The van der Waals surface area contributed by atoms with E-state index < -0.39 is 18.1 Å². The summed E-state index contributed by atoms with van der Waals surface area (Å²) in [5.41, 5.74) is 2.08. The van der Waals surface area contributed by atoms with Crippen LogP contribution in [0, 0.1) is 0 Å². The van der Waals surface area contributed by atoms with Crippen LogP contribution in [-0.4, -0.2) is 80.6 Å². The molecular weight excluding hydrogens is 404 g/mol. The molecule has 1 fully saturated rings. The Kier molecular flexibility index (Phi) is 5.51. The summed E-state index contributed by atoms with van der Waals surface area (Å²) in [7, 11) is 0. The van der Waals surface area contributed by atoms with Gasteiger partial charge in [0.25, 0.3) is 5.91 Å². The SMILES string of the molecule is CCN1CCN(c2ccc(C(=O)Nc3nn(C(=O)O)c4c3CN(C(=O)O)C4)cc2)CC1. The highest BCUT2D eigenvalue weighted by molar-refractivity contribution is 6.04. The summed E-state index contributed by atoms with van der Waals surface area (Å²) < 4.78 is 0.715. The lowest BCUT2D eigenvalue weighted by molar-refractivity contribution is 0.102. The van der Waals surface area contributed by atoms with Crippen molar-refractivity contribution in [3.8, 4) is 0 Å². The summed E-state index contributed by atoms with van der Waals surface area (Å²) in [5.74, 6) is -0.375. The smallest absolute Gasteiger partial charge is 0.432 e. The zero-order valence-corrected chi connectivity index (χ0v) is 17.1. The highest BCUT2D eigenvalue weighted by Gasteiger charge is 2.33. The van der Waals surface area contributed by atoms with Crippen molar-refractivity contribution in [2.24, 2.45) is 0 Å². The van der Waals surface area contributed by atoms with Gasteiger partial charge in [-0.2, -0.15) is 4.68 Å². The lowest BCUT2D eigenvalue weighted by Crippen LogP contribution is -2.46. The molecule has 3 N–H and O–H groups in total. The van der Waals surface area contributed by atoms with Crippen molar-refractivity contribution in [1.29, 1.82) is 0 Å². The maximum atomic E-state index is 12.7. The third-order valence-corrected chi connectivity index (χ3v) is 5.78. The first-order chi connectivity index (χ1) is 14.9. The van der Waals surface area contributed by atoms with Crippen molar-refractivity contribution in [3.05, 3.63) is 41.1 Å². The zero-order valence-electron chi connectivity index (χ0n) is 17.1. The fourth-order valence-corrected chi connectivity index (χ4v) is 3.96. The largest absolute Gasteiger partial charge is 0.465 e. The Balaban J connectivity index is 1.47. The Morgan fingerprint density at radius 3 is 2.26 bits per heavy atom. The molecule has 11 nitrogen and oxygen atoms in total. The summed E-state index contributed by atoms with van der Waals surface area (Å²) >= 11 is 0. The van der Waals surface area contributed by atoms with Gasteiger partial charge in [0.15, 0.2) is 5.82 Å². The Hall–Kier alpha value is -3.60. The van der Waals surface area contributed by atoms with Gasteiger partial charge in [-0.15, -0.1) is 5.10 Å². The summed E-state index contributed by atoms with van der Waals surface area (Å²) in [4.78, 5) is 41.1. The number of rotatable bonds is 4. The van der Waals surface area contributed by atoms with E-state index >= 15 is 0 Å². The molecule has 3 heterocycles. The quantitative estimate of drug-likeness (QED) is 0.672. The minimum atomic E-state index is -1.34. The van der Waals surface area contributed by atoms with Gasteiger partial charge in [0.2, 0.25) is 0 Å². The highest BCUT2D eigenvalue weighted by Crippen LogP contribution is 2.29. The maximum Gasteiger partial charge on any atom is 0.432 e. The molecule has 1 aromatic carbocycles. The Morgan fingerprint density at radius 2 is 1.68 bits per heavy atom. The zero-order chi connectivity index (χ0) is 22.1. The second-order valence-electron chi connectivity index (χ2n) is 7.53. The van der Waals surface area contributed by atoms with E-state index in [4.69, 9.17) is 0 Å². The molecular formula is C20H24N6O5. The van der Waals surface area contributed by atoms with Gasteiger partial charge in [0.05, 0.1) is 18.8 Å². The molecule has 31 heavy (non-hydrogen) atoms. The van der Waals surface area contributed by atoms with Crippen LogP contribution in [0.25, 0.3) is 0 Å². The topological polar surface area (TPSA) is 131 Å². The molecule has 1 saturated heterocycles. The van der Waals surface area contributed by atoms with Gasteiger partial charge in [-0.1, -0.05) is 6.92 Å². The normalized spacial score (nSPS) is 16.3. The van der Waals surface area contributed by atoms with Gasteiger partial charge in [0.1, 0.15) is 0 Å². The number of amides is 2. The van der Waals surface area contributed by atoms with Crippen LogP contribution in [0.3, 0.4) is 0 Å². The predicted molar refractivity (Wildman–Crippen MR) is 112 cm³/mol. The minimum Gasteiger partial charge on any atom is -0.465 e. The van der Waals surface area contributed by atoms with Crippen LogP contribution in [0.15, 0.2) is 24.3 Å². The molecule has 11 heteroatoms. The standard InChI is InChI=1S/C20H24N6O5/c1-2-23-7-9-24(10-8-23)14-5-3-13(4-6-14)18(27)21-17-15-11-25(19(28)29)12-16(15)26(22-17)20(30)31/h3-6H,2,7-12H2,1H3,(H,28,29)(H,30,31)(H,21,22,27). The third-order valence-electron chi connectivity index (χ3n) is 5.78. The van der Waals surface area contributed by atoms with Crippen LogP contribution in [0.4, 0.5) is 21.1 Å². The van der Waals surface area contributed by atoms with E-state index in [1.54, 1.807) is 12.1 Å². The predicted octanol–water partition coefficient (Wildman–Crippen LogP) is 1.80. The molecule has 0 bridgehead atoms. The number of hydrogen-bond donors (Lipinski definition) is 3. The van der Waals surface area contributed by atoms with Crippen molar-refractivity contribution in [1.82, 2.24) is 19.6 Å². The first-order valence-electron chi connectivity index (χ1n) is 10.1. The number of fused-ring (bicyclic) bond motifs is 1. The number of nitrogens with one attached hydrogen (secondary N) is 1. The van der Waals surface area contributed by atoms with Gasteiger partial charge in [-0.3, -0.25) is 9.69 Å². The van der Waals surface area contributed by atoms with Crippen molar-refractivity contribution in [3.63, 3.8) is 0 Å². The summed E-state index contributed by atoms with van der Waals surface area (Å²) in [6.07, 6.45) is -2.50. The number of aromatic nitrogens is 2. The molecule has 4 rings (SSSR count). The summed E-state index contributed by atoms with van der Waals surface area (Å²) in [5, 5.41) is 25.1. The van der Waals surface area contributed by atoms with Crippen LogP contribution in [-0.2, 0) is 13.1 Å². The van der Waals surface area contributed by atoms with Gasteiger partial charge in [-0.05, 0) is 30.8 Å². The van der Waals surface area contributed by atoms with Crippen LogP contribution in [0.5, 0.6) is 0 Å². The number of hydrogen-bond acceptors (Lipinski definition) is 6. The molecule has 2 aliphatic heterocycles. The van der Waals surface area contributed by atoms with Gasteiger partial charge >= 0.3 is 12.2 Å². The van der Waals surface area contributed by atoms with Crippen LogP contribution in [0.1, 0.15) is 28.5 Å². The number of benzene rings is 1. The van der Waals surface area contributed by atoms with Crippen LogP contribution >= 0.6 is 0 Å². The van der Waals surface area contributed by atoms with E-state index in [0.717, 1.165) is 43.3 Å². The van der Waals surface area contributed by atoms with E-state index in [9.17, 15) is 24.6 Å². The molecule has 0 spiro atoms. The van der Waals surface area contributed by atoms with Crippen molar-refractivity contribution in [2.45, 2.75) is 20.0 Å². The highest BCUT2D eigenvalue weighted by atomic mass is 16.4. The number of carbonyl (C=O) groups excluding carboxylic acids is 1. The number of carboxylic acid groups (broad SMARTS) is 2. The van der Waals surface area contributed by atoms with E-state index in [2.05, 4.69) is 27.1 Å². The summed E-state index contributed by atoms with van der Waals surface area (Å²) in [6.45, 7) is 6.93. The van der Waals surface area contributed by atoms with E-state index in [1.807, 2.05) is 12.1 Å². The van der Waals surface area contributed by atoms with Gasteiger partial charge < -0.3 is 25.3 Å². The van der Waals surface area contributed by atoms with Gasteiger partial charge in [0, 0.05) is 43.0 Å². The number of piperazine rings is 1. The Labute approximate surface area is 178 Å². The van der Waals surface area contributed by atoms with Crippen molar-refractivity contribution >= 4 is 29.6 Å². The van der Waals surface area contributed by atoms with Crippen LogP contribution in [0.2, 0.25) is 0 Å². The second-order valence-corrected chi connectivity index (χ2v) is 7.53. The van der Waals surface area contributed by atoms with E-state index in [-0.39, 0.29) is 24.6 Å². The molecule has 164 valence electrons. The molecule has 0 unspecified atom stereocenters. The number of anilines is 2. The Morgan fingerprint density at radius 1 is 1.00 bits per heavy atom. The first-order valence-corrected chi connectivity index (χ1v) is 10.1. The molecule has 1 aromatic heterocycles. The minimum absolute atomic E-state index is 0.0315. The molecule has 2 amide bonds. The monoisotopic (exact) mass is 428 g/mol. The average molecular weight is 428 g/mol. The van der Waals surface area contributed by atoms with Gasteiger partial charge in [-0.25, -0.2) is 9.59 Å². The second kappa shape index (κ2) is 8.26. The fourth-order valence-electron chi connectivity index (χ4n) is 3.96. The van der Waals surface area contributed by atoms with E-state index in [0.29, 0.717) is 15.8 Å². The van der Waals surface area contributed by atoms with Crippen LogP contribution < -0.4 is 10.2 Å². The Bertz CT molecular complexity index is 1010. The summed E-state index contributed by atoms with van der Waals surface area (Å²) in [6, 6.07) is 7.22. The maximum absolute atomic E-state index is 12.7. The molecule has 2 aromatic rings.